The smallest absolute Gasteiger partial charge is 0.264 e. The lowest BCUT2D eigenvalue weighted by atomic mass is 10.2. The molecule has 0 aliphatic carbocycles. The average Bonchev–Trinajstić information content (AvgIpc) is 2.26. The average molecular weight is 266 g/mol. The van der Waals surface area contributed by atoms with Crippen molar-refractivity contribution in [1.29, 1.82) is 0 Å². The third-order valence-corrected chi connectivity index (χ3v) is 2.57. The van der Waals surface area contributed by atoms with E-state index in [0.717, 1.165) is 11.3 Å². The molecule has 2 aromatic heterocycles. The molecule has 0 bridgehead atoms. The second-order valence-electron chi connectivity index (χ2n) is 3.08. The van der Waals surface area contributed by atoms with Crippen LogP contribution in [-0.2, 0) is 7.05 Å². The van der Waals surface area contributed by atoms with Crippen LogP contribution in [0.4, 0.5) is 0 Å². The first kappa shape index (κ1) is 10.0. The highest BCUT2D eigenvalue weighted by molar-refractivity contribution is 9.10. The summed E-state index contributed by atoms with van der Waals surface area (Å²) < 4.78 is 2.03. The van der Waals surface area contributed by atoms with Gasteiger partial charge in [-0.3, -0.25) is 14.8 Å². The number of hydrogen-bond donors (Lipinski definition) is 0. The van der Waals surface area contributed by atoms with Crippen molar-refractivity contribution in [1.82, 2.24) is 14.5 Å². The van der Waals surface area contributed by atoms with Gasteiger partial charge in [-0.25, -0.2) is 0 Å². The van der Waals surface area contributed by atoms with Crippen molar-refractivity contribution in [2.75, 3.05) is 0 Å². The minimum atomic E-state index is -0.0670. The molecule has 15 heavy (non-hydrogen) atoms. The number of aryl methyl sites for hydroxylation is 1. The fourth-order valence-corrected chi connectivity index (χ4v) is 1.79. The summed E-state index contributed by atoms with van der Waals surface area (Å²) in [5, 5.41) is 0. The zero-order chi connectivity index (χ0) is 10.8. The Balaban J connectivity index is 2.61. The van der Waals surface area contributed by atoms with E-state index in [2.05, 4.69) is 25.9 Å². The minimum absolute atomic E-state index is 0.0670. The highest BCUT2D eigenvalue weighted by Gasteiger charge is 2.04. The van der Waals surface area contributed by atoms with Crippen LogP contribution < -0.4 is 5.56 Å². The van der Waals surface area contributed by atoms with Crippen molar-refractivity contribution in [2.24, 2.45) is 7.05 Å². The molecule has 0 aromatic carbocycles. The Labute approximate surface area is 94.8 Å². The van der Waals surface area contributed by atoms with Gasteiger partial charge in [0.25, 0.3) is 5.56 Å². The first-order valence-electron chi connectivity index (χ1n) is 4.31. The highest BCUT2D eigenvalue weighted by atomic mass is 79.9. The summed E-state index contributed by atoms with van der Waals surface area (Å²) in [6.07, 6.45) is 6.62. The van der Waals surface area contributed by atoms with E-state index in [1.165, 1.54) is 4.57 Å². The largest absolute Gasteiger partial charge is 0.317 e. The Morgan fingerprint density at radius 1 is 1.40 bits per heavy atom. The number of halogens is 1. The fourth-order valence-electron chi connectivity index (χ4n) is 1.26. The van der Waals surface area contributed by atoms with Crippen LogP contribution in [0, 0.1) is 0 Å². The first-order valence-corrected chi connectivity index (χ1v) is 5.10. The summed E-state index contributed by atoms with van der Waals surface area (Å²) in [7, 11) is 1.70. The van der Waals surface area contributed by atoms with E-state index in [0.29, 0.717) is 4.47 Å². The second kappa shape index (κ2) is 3.94. The van der Waals surface area contributed by atoms with E-state index in [4.69, 9.17) is 0 Å². The third kappa shape index (κ3) is 1.97. The summed E-state index contributed by atoms with van der Waals surface area (Å²) in [5.41, 5.74) is 1.54. The van der Waals surface area contributed by atoms with Crippen molar-refractivity contribution in [3.8, 4) is 11.3 Å². The lowest BCUT2D eigenvalue weighted by Gasteiger charge is -2.03. The van der Waals surface area contributed by atoms with E-state index < -0.39 is 0 Å². The highest BCUT2D eigenvalue weighted by Crippen LogP contribution is 2.16. The SMILES string of the molecule is Cn1cc(-c2cnccn2)cc(Br)c1=O. The van der Waals surface area contributed by atoms with Crippen molar-refractivity contribution < 1.29 is 0 Å². The molecule has 76 valence electrons. The Bertz CT molecular complexity index is 510. The predicted molar refractivity (Wildman–Crippen MR) is 60.4 cm³/mol. The topological polar surface area (TPSA) is 47.8 Å². The van der Waals surface area contributed by atoms with Gasteiger partial charge in [0.15, 0.2) is 0 Å². The molecule has 0 N–H and O–H groups in total. The van der Waals surface area contributed by atoms with Crippen LogP contribution in [0.25, 0.3) is 11.3 Å². The molecular weight excluding hydrogens is 258 g/mol. The van der Waals surface area contributed by atoms with Crippen LogP contribution in [-0.4, -0.2) is 14.5 Å². The minimum Gasteiger partial charge on any atom is -0.317 e. The zero-order valence-electron chi connectivity index (χ0n) is 8.01. The molecule has 2 rings (SSSR count). The van der Waals surface area contributed by atoms with Crippen LogP contribution >= 0.6 is 15.9 Å². The van der Waals surface area contributed by atoms with Crippen LogP contribution in [0.2, 0.25) is 0 Å². The molecule has 0 saturated heterocycles. The number of rotatable bonds is 1. The Morgan fingerprint density at radius 3 is 2.80 bits per heavy atom. The lowest BCUT2D eigenvalue weighted by molar-refractivity contribution is 0.854. The van der Waals surface area contributed by atoms with Gasteiger partial charge in [-0.05, 0) is 22.0 Å². The summed E-state index contributed by atoms with van der Waals surface area (Å²) in [6, 6.07) is 1.74. The molecule has 0 aliphatic heterocycles. The Morgan fingerprint density at radius 2 is 2.20 bits per heavy atom. The number of nitrogens with zero attached hydrogens (tertiary/aromatic N) is 3. The molecule has 0 aliphatic rings. The maximum Gasteiger partial charge on any atom is 0.264 e. The van der Waals surface area contributed by atoms with Gasteiger partial charge in [-0.1, -0.05) is 0 Å². The van der Waals surface area contributed by atoms with Crippen molar-refractivity contribution >= 4 is 15.9 Å². The van der Waals surface area contributed by atoms with E-state index >= 15 is 0 Å². The molecule has 0 radical (unpaired) electrons. The van der Waals surface area contributed by atoms with Gasteiger partial charge < -0.3 is 4.57 Å². The molecule has 0 spiro atoms. The van der Waals surface area contributed by atoms with Gasteiger partial charge in [-0.2, -0.15) is 0 Å². The van der Waals surface area contributed by atoms with E-state index in [9.17, 15) is 4.79 Å². The van der Waals surface area contributed by atoms with E-state index in [1.807, 2.05) is 0 Å². The Hall–Kier alpha value is -1.49. The van der Waals surface area contributed by atoms with Crippen LogP contribution in [0.1, 0.15) is 0 Å². The molecular formula is C10H8BrN3O. The molecule has 5 heteroatoms. The molecule has 0 fully saturated rings. The van der Waals surface area contributed by atoms with Gasteiger partial charge in [-0.15, -0.1) is 0 Å². The van der Waals surface area contributed by atoms with Gasteiger partial charge in [0.05, 0.1) is 16.4 Å². The Kier molecular flexibility index (Phi) is 2.64. The first-order chi connectivity index (χ1) is 7.18. The normalized spacial score (nSPS) is 10.3. The molecule has 4 nitrogen and oxygen atoms in total. The third-order valence-electron chi connectivity index (χ3n) is 2.00. The molecule has 0 atom stereocenters. The van der Waals surface area contributed by atoms with Gasteiger partial charge in [0, 0.05) is 31.2 Å². The summed E-state index contributed by atoms with van der Waals surface area (Å²) >= 11 is 3.21. The maximum atomic E-state index is 11.4. The molecule has 0 unspecified atom stereocenters. The summed E-state index contributed by atoms with van der Waals surface area (Å²) in [6.45, 7) is 0. The second-order valence-corrected chi connectivity index (χ2v) is 3.94. The van der Waals surface area contributed by atoms with Crippen LogP contribution in [0.5, 0.6) is 0 Å². The van der Waals surface area contributed by atoms with Crippen molar-refractivity contribution in [3.05, 3.63) is 45.7 Å². The number of aromatic nitrogens is 3. The van der Waals surface area contributed by atoms with Gasteiger partial charge in [0.1, 0.15) is 0 Å². The van der Waals surface area contributed by atoms with Crippen LogP contribution in [0.3, 0.4) is 0 Å². The quantitative estimate of drug-likeness (QED) is 0.787. The fraction of sp³-hybridized carbons (Fsp3) is 0.100. The van der Waals surface area contributed by atoms with Gasteiger partial charge >= 0.3 is 0 Å². The maximum absolute atomic E-state index is 11.4. The van der Waals surface area contributed by atoms with E-state index in [1.54, 1.807) is 37.9 Å². The zero-order valence-corrected chi connectivity index (χ0v) is 9.60. The predicted octanol–water partition coefficient (Wildman–Crippen LogP) is 1.60. The summed E-state index contributed by atoms with van der Waals surface area (Å²) in [5.74, 6) is 0. The van der Waals surface area contributed by atoms with Crippen LogP contribution in [0.15, 0.2) is 40.1 Å². The number of pyridine rings is 1. The summed E-state index contributed by atoms with van der Waals surface area (Å²) in [4.78, 5) is 19.6. The standard InChI is InChI=1S/C10H8BrN3O/c1-14-6-7(4-8(11)10(14)15)9-5-12-2-3-13-9/h2-6H,1H3. The van der Waals surface area contributed by atoms with Gasteiger partial charge in [0.2, 0.25) is 0 Å². The molecule has 2 heterocycles. The van der Waals surface area contributed by atoms with Crippen molar-refractivity contribution in [3.63, 3.8) is 0 Å². The van der Waals surface area contributed by atoms with Crippen molar-refractivity contribution in [2.45, 2.75) is 0 Å². The monoisotopic (exact) mass is 265 g/mol. The number of hydrogen-bond acceptors (Lipinski definition) is 3. The molecule has 0 saturated carbocycles. The van der Waals surface area contributed by atoms with E-state index in [-0.39, 0.29) is 5.56 Å². The molecule has 0 amide bonds. The molecule has 2 aromatic rings. The lowest BCUT2D eigenvalue weighted by Crippen LogP contribution is -2.16.